The number of imide groups is 2. The van der Waals surface area contributed by atoms with Crippen LogP contribution in [0.4, 0.5) is 8.78 Å². The lowest BCUT2D eigenvalue weighted by atomic mass is 9.78. The summed E-state index contributed by atoms with van der Waals surface area (Å²) in [5.41, 5.74) is -0.430. The lowest BCUT2D eigenvalue weighted by molar-refractivity contribution is -0.148. The number of fused-ring (bicyclic) bond motifs is 3. The van der Waals surface area contributed by atoms with Crippen LogP contribution >= 0.6 is 0 Å². The van der Waals surface area contributed by atoms with E-state index in [1.807, 2.05) is 0 Å². The van der Waals surface area contributed by atoms with Crippen LogP contribution in [0.3, 0.4) is 0 Å². The lowest BCUT2D eigenvalue weighted by Crippen LogP contribution is -2.70. The van der Waals surface area contributed by atoms with Gasteiger partial charge in [0.05, 0.1) is 16.7 Å². The Kier molecular flexibility index (Phi) is 5.32. The molecule has 3 N–H and O–H groups in total. The molecule has 8 nitrogen and oxygen atoms in total. The first-order valence-corrected chi connectivity index (χ1v) is 11.4. The van der Waals surface area contributed by atoms with Gasteiger partial charge in [-0.2, -0.15) is 0 Å². The van der Waals surface area contributed by atoms with E-state index in [-0.39, 0.29) is 37.1 Å². The minimum Gasteiger partial charge on any atom is -0.314 e. The second kappa shape index (κ2) is 7.95. The molecular weight excluding hydrogens is 434 g/mol. The summed E-state index contributed by atoms with van der Waals surface area (Å²) in [7, 11) is 0. The van der Waals surface area contributed by atoms with Crippen LogP contribution in [-0.4, -0.2) is 59.1 Å². The van der Waals surface area contributed by atoms with Crippen molar-refractivity contribution in [2.24, 2.45) is 5.92 Å². The van der Waals surface area contributed by atoms with Gasteiger partial charge in [-0.05, 0) is 37.0 Å². The Labute approximate surface area is 189 Å². The smallest absolute Gasteiger partial charge is 0.271 e. The van der Waals surface area contributed by atoms with Gasteiger partial charge in [-0.3, -0.25) is 29.4 Å². The van der Waals surface area contributed by atoms with Gasteiger partial charge in [0, 0.05) is 32.0 Å². The number of piperidine rings is 2. The molecule has 0 aromatic heterocycles. The van der Waals surface area contributed by atoms with Gasteiger partial charge in [0.2, 0.25) is 11.8 Å². The zero-order valence-electron chi connectivity index (χ0n) is 18.1. The fourth-order valence-electron chi connectivity index (χ4n) is 5.62. The number of carbonyl (C=O) groups is 4. The highest BCUT2D eigenvalue weighted by Crippen LogP contribution is 2.46. The number of amides is 4. The van der Waals surface area contributed by atoms with Crippen LogP contribution in [0.25, 0.3) is 0 Å². The fraction of sp³-hybridized carbons (Fsp3) is 0.565. The molecule has 3 unspecified atom stereocenters. The van der Waals surface area contributed by atoms with Gasteiger partial charge in [-0.25, -0.2) is 8.78 Å². The third-order valence-corrected chi connectivity index (χ3v) is 7.51. The van der Waals surface area contributed by atoms with Crippen molar-refractivity contribution in [2.45, 2.75) is 62.6 Å². The van der Waals surface area contributed by atoms with Crippen molar-refractivity contribution in [3.05, 3.63) is 34.9 Å². The number of alkyl halides is 2. The van der Waals surface area contributed by atoms with Crippen molar-refractivity contribution < 1.29 is 28.0 Å². The predicted molar refractivity (Wildman–Crippen MR) is 112 cm³/mol. The maximum atomic E-state index is 15.3. The van der Waals surface area contributed by atoms with E-state index >= 15 is 8.78 Å². The van der Waals surface area contributed by atoms with Crippen molar-refractivity contribution in [2.75, 3.05) is 13.1 Å². The molecule has 2 saturated heterocycles. The van der Waals surface area contributed by atoms with Crippen molar-refractivity contribution >= 4 is 23.6 Å². The topological polar surface area (TPSA) is 108 Å². The van der Waals surface area contributed by atoms with Gasteiger partial charge in [-0.15, -0.1) is 0 Å². The van der Waals surface area contributed by atoms with Gasteiger partial charge in [-0.1, -0.05) is 18.9 Å². The molecule has 3 atom stereocenters. The average Bonchev–Trinajstić information content (AvgIpc) is 3.02. The maximum Gasteiger partial charge on any atom is 0.271 e. The lowest BCUT2D eigenvalue weighted by Gasteiger charge is -2.47. The molecule has 4 aliphatic rings. The molecule has 0 spiro atoms. The first-order chi connectivity index (χ1) is 15.7. The Hall–Kier alpha value is -2.72. The van der Waals surface area contributed by atoms with Gasteiger partial charge in [0.1, 0.15) is 6.04 Å². The van der Waals surface area contributed by atoms with Crippen LogP contribution in [0.1, 0.15) is 64.8 Å². The van der Waals surface area contributed by atoms with Crippen LogP contribution in [0.15, 0.2) is 18.2 Å². The summed E-state index contributed by atoms with van der Waals surface area (Å²) in [5, 5.41) is 8.41. The van der Waals surface area contributed by atoms with Crippen molar-refractivity contribution in [1.29, 1.82) is 0 Å². The molecule has 3 aliphatic heterocycles. The molecule has 4 amide bonds. The summed E-state index contributed by atoms with van der Waals surface area (Å²) in [6, 6.07) is 3.65. The highest BCUT2D eigenvalue weighted by molar-refractivity contribution is 6.23. The van der Waals surface area contributed by atoms with E-state index in [1.165, 1.54) is 12.1 Å². The summed E-state index contributed by atoms with van der Waals surface area (Å²) in [6.45, 7) is 0.599. The Bertz CT molecular complexity index is 1050. The van der Waals surface area contributed by atoms with Gasteiger partial charge in [0.15, 0.2) is 0 Å². The van der Waals surface area contributed by atoms with Crippen LogP contribution in [0.2, 0.25) is 0 Å². The van der Waals surface area contributed by atoms with Crippen LogP contribution in [0.5, 0.6) is 0 Å². The Balaban J connectivity index is 1.36. The van der Waals surface area contributed by atoms with E-state index in [1.54, 1.807) is 6.07 Å². The van der Waals surface area contributed by atoms with Crippen LogP contribution < -0.4 is 16.0 Å². The zero-order chi connectivity index (χ0) is 23.4. The first-order valence-electron chi connectivity index (χ1n) is 11.4. The summed E-state index contributed by atoms with van der Waals surface area (Å²) in [5.74, 6) is -5.85. The van der Waals surface area contributed by atoms with E-state index in [0.717, 1.165) is 17.7 Å². The van der Waals surface area contributed by atoms with Crippen LogP contribution in [0, 0.1) is 5.92 Å². The molecule has 3 heterocycles. The monoisotopic (exact) mass is 460 g/mol. The third-order valence-electron chi connectivity index (χ3n) is 7.51. The number of benzene rings is 1. The molecule has 1 aromatic rings. The SMILES string of the molecule is O=C1CCC(N2C(=O)c3ccc(CNC45CCCCC(CNC4)C5(F)F)cc3C2=O)C(=O)N1. The number of nitrogens with one attached hydrogen (secondary N) is 3. The molecule has 1 aromatic carbocycles. The Morgan fingerprint density at radius 3 is 2.64 bits per heavy atom. The van der Waals surface area contributed by atoms with E-state index in [4.69, 9.17) is 0 Å². The predicted octanol–water partition coefficient (Wildman–Crippen LogP) is 1.34. The largest absolute Gasteiger partial charge is 0.314 e. The molecule has 1 aliphatic carbocycles. The normalized spacial score (nSPS) is 31.3. The molecule has 33 heavy (non-hydrogen) atoms. The molecule has 176 valence electrons. The zero-order valence-corrected chi connectivity index (χ0v) is 18.1. The Morgan fingerprint density at radius 2 is 1.85 bits per heavy atom. The average molecular weight is 460 g/mol. The highest BCUT2D eigenvalue weighted by atomic mass is 19.3. The molecule has 1 saturated carbocycles. The minimum absolute atomic E-state index is 0.0459. The highest BCUT2D eigenvalue weighted by Gasteiger charge is 2.60. The van der Waals surface area contributed by atoms with E-state index in [2.05, 4.69) is 16.0 Å². The van der Waals surface area contributed by atoms with Crippen LogP contribution in [-0.2, 0) is 16.1 Å². The fourth-order valence-corrected chi connectivity index (χ4v) is 5.62. The second-order valence-corrected chi connectivity index (χ2v) is 9.46. The Morgan fingerprint density at radius 1 is 1.06 bits per heavy atom. The quantitative estimate of drug-likeness (QED) is 0.586. The number of nitrogens with zero attached hydrogens (tertiary/aromatic N) is 1. The number of hydrogen-bond acceptors (Lipinski definition) is 6. The van der Waals surface area contributed by atoms with Crippen molar-refractivity contribution in [3.8, 4) is 0 Å². The number of halogens is 2. The molecule has 2 bridgehead atoms. The number of rotatable bonds is 4. The second-order valence-electron chi connectivity index (χ2n) is 9.46. The molecule has 0 radical (unpaired) electrons. The molecule has 5 rings (SSSR count). The standard InChI is InChI=1S/C23H26F2N4O4/c24-23(25)14-3-1-2-8-22(23,12-26-11-14)27-10-13-4-5-15-16(9-13)21(33)29(20(15)32)17-6-7-18(30)28-19(17)31/h4-5,9,14,17,26-27H,1-3,6-8,10-12H2,(H,28,30,31). The van der Waals surface area contributed by atoms with E-state index < -0.39 is 47.0 Å². The third kappa shape index (κ3) is 3.47. The van der Waals surface area contributed by atoms with Crippen molar-refractivity contribution in [1.82, 2.24) is 20.9 Å². The van der Waals surface area contributed by atoms with Gasteiger partial charge >= 0.3 is 0 Å². The number of hydrogen-bond donors (Lipinski definition) is 3. The molecule has 3 fully saturated rings. The molecular formula is C23H26F2N4O4. The van der Waals surface area contributed by atoms with E-state index in [9.17, 15) is 19.2 Å². The molecule has 10 heteroatoms. The van der Waals surface area contributed by atoms with E-state index in [0.29, 0.717) is 24.9 Å². The first kappa shape index (κ1) is 22.1. The number of carbonyl (C=O) groups excluding carboxylic acids is 4. The van der Waals surface area contributed by atoms with Gasteiger partial charge < -0.3 is 10.6 Å². The van der Waals surface area contributed by atoms with Crippen molar-refractivity contribution in [3.63, 3.8) is 0 Å². The summed E-state index contributed by atoms with van der Waals surface area (Å²) >= 11 is 0. The summed E-state index contributed by atoms with van der Waals surface area (Å²) in [6.07, 6.45) is 2.47. The summed E-state index contributed by atoms with van der Waals surface area (Å²) in [4.78, 5) is 50.4. The summed E-state index contributed by atoms with van der Waals surface area (Å²) < 4.78 is 30.6. The minimum atomic E-state index is -2.85. The van der Waals surface area contributed by atoms with Gasteiger partial charge in [0.25, 0.3) is 17.7 Å². The maximum absolute atomic E-state index is 15.3.